The summed E-state index contributed by atoms with van der Waals surface area (Å²) >= 11 is 0. The molecule has 0 spiro atoms. The molecule has 0 saturated heterocycles. The highest BCUT2D eigenvalue weighted by Gasteiger charge is 2.17. The minimum absolute atomic E-state index is 0.204. The van der Waals surface area contributed by atoms with Gasteiger partial charge < -0.3 is 15.5 Å². The Morgan fingerprint density at radius 2 is 2.06 bits per heavy atom. The van der Waals surface area contributed by atoms with Crippen molar-refractivity contribution in [2.45, 2.75) is 32.7 Å². The molecule has 92 valence electrons. The molecule has 3 N–H and O–H groups in total. The number of aryl methyl sites for hydroxylation is 1. The van der Waals surface area contributed by atoms with E-state index in [2.05, 4.69) is 18.0 Å². The molecule has 0 unspecified atom stereocenters. The first kappa shape index (κ1) is 12.0. The summed E-state index contributed by atoms with van der Waals surface area (Å²) in [5.74, 6) is 0.881. The second kappa shape index (κ2) is 4.08. The van der Waals surface area contributed by atoms with Gasteiger partial charge in [-0.15, -0.1) is 0 Å². The lowest BCUT2D eigenvalue weighted by Gasteiger charge is -2.18. The first-order chi connectivity index (χ1) is 7.92. The quantitative estimate of drug-likeness (QED) is 0.855. The molecule has 1 aromatic carbocycles. The summed E-state index contributed by atoms with van der Waals surface area (Å²) in [5.41, 5.74) is 9.46. The molecular weight excluding hydrogens is 212 g/mol. The van der Waals surface area contributed by atoms with E-state index in [1.54, 1.807) is 7.11 Å². The molecule has 0 saturated carbocycles. The Hall–Kier alpha value is -1.48. The van der Waals surface area contributed by atoms with Gasteiger partial charge in [-0.3, -0.25) is 0 Å². The smallest absolute Gasteiger partial charge is 0.142 e. The van der Waals surface area contributed by atoms with E-state index in [1.165, 1.54) is 16.5 Å². The van der Waals surface area contributed by atoms with Gasteiger partial charge in [0.05, 0.1) is 12.6 Å². The van der Waals surface area contributed by atoms with E-state index >= 15 is 0 Å². The third-order valence-electron chi connectivity index (χ3n) is 2.95. The average Bonchev–Trinajstić information content (AvgIpc) is 2.61. The molecule has 0 atom stereocenters. The van der Waals surface area contributed by atoms with E-state index in [4.69, 9.17) is 10.5 Å². The lowest BCUT2D eigenvalue weighted by atomic mass is 9.94. The van der Waals surface area contributed by atoms with Crippen molar-refractivity contribution in [3.05, 3.63) is 29.5 Å². The average molecular weight is 232 g/mol. The maximum absolute atomic E-state index is 6.09. The molecule has 1 heterocycles. The standard InChI is InChI=1S/C14H20N2O/c1-9-5-6-11(17-4)13-12(9)10(8-16-13)7-14(2,3)15/h5-6,8,16H,7,15H2,1-4H3. The van der Waals surface area contributed by atoms with Crippen LogP contribution in [0.4, 0.5) is 0 Å². The predicted molar refractivity (Wildman–Crippen MR) is 71.6 cm³/mol. The number of benzene rings is 1. The topological polar surface area (TPSA) is 51.0 Å². The number of ether oxygens (including phenoxy) is 1. The first-order valence-electron chi connectivity index (χ1n) is 5.85. The molecule has 17 heavy (non-hydrogen) atoms. The van der Waals surface area contributed by atoms with Crippen molar-refractivity contribution in [1.82, 2.24) is 4.98 Å². The number of rotatable bonds is 3. The molecule has 0 bridgehead atoms. The van der Waals surface area contributed by atoms with Gasteiger partial charge in [-0.05, 0) is 44.4 Å². The minimum atomic E-state index is -0.204. The van der Waals surface area contributed by atoms with Gasteiger partial charge in [0, 0.05) is 17.1 Å². The number of hydrogen-bond donors (Lipinski definition) is 2. The molecule has 0 fully saturated rings. The molecule has 2 rings (SSSR count). The minimum Gasteiger partial charge on any atom is -0.495 e. The number of nitrogens with one attached hydrogen (secondary N) is 1. The highest BCUT2D eigenvalue weighted by atomic mass is 16.5. The number of methoxy groups -OCH3 is 1. The van der Waals surface area contributed by atoms with Gasteiger partial charge in [-0.1, -0.05) is 6.07 Å². The Kier molecular flexibility index (Phi) is 2.87. The summed E-state index contributed by atoms with van der Waals surface area (Å²) < 4.78 is 5.36. The van der Waals surface area contributed by atoms with Crippen molar-refractivity contribution in [3.63, 3.8) is 0 Å². The largest absolute Gasteiger partial charge is 0.495 e. The fourth-order valence-corrected chi connectivity index (χ4v) is 2.28. The van der Waals surface area contributed by atoms with Crippen molar-refractivity contribution in [3.8, 4) is 5.75 Å². The zero-order chi connectivity index (χ0) is 12.6. The number of hydrogen-bond acceptors (Lipinski definition) is 2. The summed E-state index contributed by atoms with van der Waals surface area (Å²) in [5, 5.41) is 1.24. The van der Waals surface area contributed by atoms with Gasteiger partial charge in [0.1, 0.15) is 5.75 Å². The Morgan fingerprint density at radius 3 is 2.65 bits per heavy atom. The van der Waals surface area contributed by atoms with Crippen LogP contribution >= 0.6 is 0 Å². The Bertz CT molecular complexity index is 535. The van der Waals surface area contributed by atoms with Crippen LogP contribution in [0, 0.1) is 6.92 Å². The van der Waals surface area contributed by atoms with Gasteiger partial charge in [0.15, 0.2) is 0 Å². The van der Waals surface area contributed by atoms with Crippen LogP contribution in [-0.2, 0) is 6.42 Å². The van der Waals surface area contributed by atoms with E-state index in [-0.39, 0.29) is 5.54 Å². The lowest BCUT2D eigenvalue weighted by molar-refractivity contribution is 0.419. The highest BCUT2D eigenvalue weighted by Crippen LogP contribution is 2.31. The number of nitrogens with two attached hydrogens (primary N) is 1. The van der Waals surface area contributed by atoms with Crippen LogP contribution in [0.5, 0.6) is 5.75 Å². The lowest BCUT2D eigenvalue weighted by Crippen LogP contribution is -2.34. The molecule has 0 aliphatic rings. The summed E-state index contributed by atoms with van der Waals surface area (Å²) in [6.07, 6.45) is 2.88. The van der Waals surface area contributed by atoms with Gasteiger partial charge in [0.25, 0.3) is 0 Å². The van der Waals surface area contributed by atoms with Crippen molar-refractivity contribution in [2.75, 3.05) is 7.11 Å². The number of aromatic nitrogens is 1. The molecule has 3 nitrogen and oxygen atoms in total. The maximum Gasteiger partial charge on any atom is 0.142 e. The van der Waals surface area contributed by atoms with E-state index < -0.39 is 0 Å². The molecule has 0 aliphatic heterocycles. The summed E-state index contributed by atoms with van der Waals surface area (Å²) in [7, 11) is 1.69. The summed E-state index contributed by atoms with van der Waals surface area (Å²) in [6, 6.07) is 4.08. The van der Waals surface area contributed by atoms with Crippen LogP contribution in [-0.4, -0.2) is 17.6 Å². The van der Waals surface area contributed by atoms with Gasteiger partial charge in [-0.2, -0.15) is 0 Å². The van der Waals surface area contributed by atoms with Crippen molar-refractivity contribution >= 4 is 10.9 Å². The monoisotopic (exact) mass is 232 g/mol. The molecule has 0 amide bonds. The molecular formula is C14H20N2O. The van der Waals surface area contributed by atoms with Crippen LogP contribution in [0.3, 0.4) is 0 Å². The Labute approximate surface area is 102 Å². The van der Waals surface area contributed by atoms with Crippen LogP contribution in [0.15, 0.2) is 18.3 Å². The molecule has 2 aromatic rings. The maximum atomic E-state index is 6.09. The number of fused-ring (bicyclic) bond motifs is 1. The normalized spacial score (nSPS) is 12.1. The summed E-state index contributed by atoms with van der Waals surface area (Å²) in [4.78, 5) is 3.29. The molecule has 0 radical (unpaired) electrons. The van der Waals surface area contributed by atoms with Crippen LogP contribution < -0.4 is 10.5 Å². The zero-order valence-corrected chi connectivity index (χ0v) is 10.9. The second-order valence-corrected chi connectivity index (χ2v) is 5.31. The predicted octanol–water partition coefficient (Wildman–Crippen LogP) is 2.76. The van der Waals surface area contributed by atoms with E-state index in [0.29, 0.717) is 0 Å². The van der Waals surface area contributed by atoms with Gasteiger partial charge in [0.2, 0.25) is 0 Å². The molecule has 0 aliphatic carbocycles. The van der Waals surface area contributed by atoms with Gasteiger partial charge in [-0.25, -0.2) is 0 Å². The Morgan fingerprint density at radius 1 is 1.35 bits per heavy atom. The third-order valence-corrected chi connectivity index (χ3v) is 2.95. The van der Waals surface area contributed by atoms with Crippen LogP contribution in [0.1, 0.15) is 25.0 Å². The fourth-order valence-electron chi connectivity index (χ4n) is 2.28. The van der Waals surface area contributed by atoms with E-state index in [0.717, 1.165) is 17.7 Å². The first-order valence-corrected chi connectivity index (χ1v) is 5.85. The third kappa shape index (κ3) is 2.29. The van der Waals surface area contributed by atoms with Crippen molar-refractivity contribution < 1.29 is 4.74 Å². The number of H-pyrrole nitrogens is 1. The number of aromatic amines is 1. The Balaban J connectivity index is 2.59. The van der Waals surface area contributed by atoms with Crippen LogP contribution in [0.2, 0.25) is 0 Å². The SMILES string of the molecule is COc1ccc(C)c2c(CC(C)(C)N)c[nH]c12. The second-order valence-electron chi connectivity index (χ2n) is 5.31. The van der Waals surface area contributed by atoms with Crippen LogP contribution in [0.25, 0.3) is 10.9 Å². The van der Waals surface area contributed by atoms with Crippen molar-refractivity contribution in [2.24, 2.45) is 5.73 Å². The van der Waals surface area contributed by atoms with E-state index in [1.807, 2.05) is 26.1 Å². The van der Waals surface area contributed by atoms with E-state index in [9.17, 15) is 0 Å². The summed E-state index contributed by atoms with van der Waals surface area (Å²) in [6.45, 7) is 6.20. The highest BCUT2D eigenvalue weighted by molar-refractivity contribution is 5.91. The fraction of sp³-hybridized carbons (Fsp3) is 0.429. The zero-order valence-electron chi connectivity index (χ0n) is 10.9. The van der Waals surface area contributed by atoms with Gasteiger partial charge >= 0.3 is 0 Å². The molecule has 1 aromatic heterocycles. The van der Waals surface area contributed by atoms with Crippen molar-refractivity contribution in [1.29, 1.82) is 0 Å². The molecule has 3 heteroatoms.